The standard InChI is InChI=1S/C15H21NO2/c1-4-5-15(17)16-11-10-13-6-8-14(9-7-13)18-12(2)3/h4-9,12H,10-11H2,1-3H3,(H,16,17). The van der Waals surface area contributed by atoms with Gasteiger partial charge >= 0.3 is 0 Å². The molecule has 0 aromatic heterocycles. The first-order valence-electron chi connectivity index (χ1n) is 6.28. The molecule has 0 fully saturated rings. The first-order valence-corrected chi connectivity index (χ1v) is 6.28. The Balaban J connectivity index is 2.37. The Morgan fingerprint density at radius 1 is 1.33 bits per heavy atom. The lowest BCUT2D eigenvalue weighted by molar-refractivity contribution is -0.116. The van der Waals surface area contributed by atoms with Gasteiger partial charge in [0.25, 0.3) is 0 Å². The van der Waals surface area contributed by atoms with E-state index in [0.29, 0.717) is 6.54 Å². The van der Waals surface area contributed by atoms with Gasteiger partial charge in [-0.05, 0) is 51.0 Å². The van der Waals surface area contributed by atoms with Gasteiger partial charge in [-0.15, -0.1) is 0 Å². The fourth-order valence-corrected chi connectivity index (χ4v) is 1.55. The lowest BCUT2D eigenvalue weighted by Gasteiger charge is -2.10. The van der Waals surface area contributed by atoms with E-state index >= 15 is 0 Å². The third kappa shape index (κ3) is 5.53. The zero-order chi connectivity index (χ0) is 13.4. The van der Waals surface area contributed by atoms with Crippen molar-refractivity contribution < 1.29 is 9.53 Å². The summed E-state index contributed by atoms with van der Waals surface area (Å²) in [5.74, 6) is 0.837. The molecule has 3 heteroatoms. The Kier molecular flexibility index (Phi) is 5.98. The van der Waals surface area contributed by atoms with Gasteiger partial charge in [0.2, 0.25) is 5.91 Å². The Morgan fingerprint density at radius 3 is 2.56 bits per heavy atom. The molecule has 0 unspecified atom stereocenters. The summed E-state index contributed by atoms with van der Waals surface area (Å²) in [4.78, 5) is 11.2. The molecule has 0 radical (unpaired) electrons. The lowest BCUT2D eigenvalue weighted by atomic mass is 10.1. The maximum atomic E-state index is 11.2. The van der Waals surface area contributed by atoms with Gasteiger partial charge in [0.1, 0.15) is 5.75 Å². The van der Waals surface area contributed by atoms with Crippen molar-refractivity contribution >= 4 is 5.91 Å². The number of benzene rings is 1. The highest BCUT2D eigenvalue weighted by molar-refractivity contribution is 5.87. The molecule has 98 valence electrons. The molecular weight excluding hydrogens is 226 g/mol. The fraction of sp³-hybridized carbons (Fsp3) is 0.400. The minimum absolute atomic E-state index is 0.0442. The van der Waals surface area contributed by atoms with Crippen LogP contribution in [0.5, 0.6) is 5.75 Å². The fourth-order valence-electron chi connectivity index (χ4n) is 1.55. The summed E-state index contributed by atoms with van der Waals surface area (Å²) in [6.07, 6.45) is 4.27. The monoisotopic (exact) mass is 247 g/mol. The molecule has 1 N–H and O–H groups in total. The van der Waals surface area contributed by atoms with E-state index in [2.05, 4.69) is 5.32 Å². The van der Waals surface area contributed by atoms with Gasteiger partial charge in [0.15, 0.2) is 0 Å². The number of allylic oxidation sites excluding steroid dienone is 1. The topological polar surface area (TPSA) is 38.3 Å². The van der Waals surface area contributed by atoms with E-state index in [9.17, 15) is 4.79 Å². The third-order valence-corrected chi connectivity index (χ3v) is 2.33. The summed E-state index contributed by atoms with van der Waals surface area (Å²) >= 11 is 0. The molecule has 18 heavy (non-hydrogen) atoms. The van der Waals surface area contributed by atoms with Gasteiger partial charge in [0, 0.05) is 6.54 Å². The minimum atomic E-state index is -0.0442. The van der Waals surface area contributed by atoms with E-state index in [1.54, 1.807) is 6.08 Å². The van der Waals surface area contributed by atoms with Gasteiger partial charge in [0.05, 0.1) is 6.10 Å². The Labute approximate surface area is 109 Å². The average Bonchev–Trinajstić information content (AvgIpc) is 2.31. The summed E-state index contributed by atoms with van der Waals surface area (Å²) in [5.41, 5.74) is 1.19. The van der Waals surface area contributed by atoms with Gasteiger partial charge in [-0.25, -0.2) is 0 Å². The summed E-state index contributed by atoms with van der Waals surface area (Å²) in [7, 11) is 0. The molecule has 1 rings (SSSR count). The second kappa shape index (κ2) is 7.54. The van der Waals surface area contributed by atoms with Crippen LogP contribution in [-0.4, -0.2) is 18.6 Å². The molecule has 0 atom stereocenters. The SMILES string of the molecule is CC=CC(=O)NCCc1ccc(OC(C)C)cc1. The van der Waals surface area contributed by atoms with Crippen molar-refractivity contribution in [1.29, 1.82) is 0 Å². The quantitative estimate of drug-likeness (QED) is 0.785. The van der Waals surface area contributed by atoms with Crippen LogP contribution in [0.25, 0.3) is 0 Å². The first-order chi connectivity index (χ1) is 8.61. The molecule has 0 saturated carbocycles. The highest BCUT2D eigenvalue weighted by Gasteiger charge is 1.99. The van der Waals surface area contributed by atoms with Gasteiger partial charge < -0.3 is 10.1 Å². The average molecular weight is 247 g/mol. The van der Waals surface area contributed by atoms with Crippen molar-refractivity contribution in [2.45, 2.75) is 33.3 Å². The van der Waals surface area contributed by atoms with E-state index in [-0.39, 0.29) is 12.0 Å². The molecule has 0 aliphatic rings. The van der Waals surface area contributed by atoms with Crippen molar-refractivity contribution in [2.75, 3.05) is 6.54 Å². The van der Waals surface area contributed by atoms with Crippen molar-refractivity contribution in [3.63, 3.8) is 0 Å². The van der Waals surface area contributed by atoms with Crippen LogP contribution in [0.4, 0.5) is 0 Å². The molecule has 0 aliphatic carbocycles. The van der Waals surface area contributed by atoms with E-state index in [1.807, 2.05) is 45.0 Å². The van der Waals surface area contributed by atoms with Crippen LogP contribution in [0, 0.1) is 0 Å². The summed E-state index contributed by atoms with van der Waals surface area (Å²) in [6.45, 7) is 6.48. The van der Waals surface area contributed by atoms with Crippen LogP contribution >= 0.6 is 0 Å². The second-order valence-electron chi connectivity index (χ2n) is 4.35. The van der Waals surface area contributed by atoms with Crippen LogP contribution in [0.3, 0.4) is 0 Å². The van der Waals surface area contributed by atoms with E-state index in [0.717, 1.165) is 12.2 Å². The number of hydrogen-bond acceptors (Lipinski definition) is 2. The van der Waals surface area contributed by atoms with Crippen LogP contribution < -0.4 is 10.1 Å². The maximum Gasteiger partial charge on any atom is 0.243 e. The molecule has 1 aromatic rings. The summed E-state index contributed by atoms with van der Waals surface area (Å²) in [5, 5.41) is 2.82. The van der Waals surface area contributed by atoms with Crippen LogP contribution in [0.1, 0.15) is 26.3 Å². The number of carbonyl (C=O) groups excluding carboxylic acids is 1. The predicted molar refractivity (Wildman–Crippen MR) is 73.7 cm³/mol. The van der Waals surface area contributed by atoms with Gasteiger partial charge in [-0.3, -0.25) is 4.79 Å². The zero-order valence-electron chi connectivity index (χ0n) is 11.3. The van der Waals surface area contributed by atoms with Crippen LogP contribution in [0.2, 0.25) is 0 Å². The Morgan fingerprint density at radius 2 is 2.00 bits per heavy atom. The minimum Gasteiger partial charge on any atom is -0.491 e. The number of nitrogens with one attached hydrogen (secondary N) is 1. The largest absolute Gasteiger partial charge is 0.491 e. The van der Waals surface area contributed by atoms with E-state index in [4.69, 9.17) is 4.74 Å². The molecular formula is C15H21NO2. The van der Waals surface area contributed by atoms with Crippen molar-refractivity contribution in [1.82, 2.24) is 5.32 Å². The maximum absolute atomic E-state index is 11.2. The molecule has 0 spiro atoms. The molecule has 3 nitrogen and oxygen atoms in total. The highest BCUT2D eigenvalue weighted by atomic mass is 16.5. The van der Waals surface area contributed by atoms with Crippen molar-refractivity contribution in [3.8, 4) is 5.75 Å². The summed E-state index contributed by atoms with van der Waals surface area (Å²) < 4.78 is 5.56. The first kappa shape index (κ1) is 14.3. The summed E-state index contributed by atoms with van der Waals surface area (Å²) in [6, 6.07) is 7.98. The molecule has 0 heterocycles. The third-order valence-electron chi connectivity index (χ3n) is 2.33. The molecule has 0 aliphatic heterocycles. The second-order valence-corrected chi connectivity index (χ2v) is 4.35. The predicted octanol–water partition coefficient (Wildman–Crippen LogP) is 2.71. The Bertz CT molecular complexity index is 393. The molecule has 1 amide bonds. The van der Waals surface area contributed by atoms with Gasteiger partial charge in [-0.2, -0.15) is 0 Å². The zero-order valence-corrected chi connectivity index (χ0v) is 11.3. The molecule has 0 saturated heterocycles. The number of carbonyl (C=O) groups is 1. The van der Waals surface area contributed by atoms with Crippen LogP contribution in [-0.2, 0) is 11.2 Å². The number of rotatable bonds is 6. The Hall–Kier alpha value is -1.77. The highest BCUT2D eigenvalue weighted by Crippen LogP contribution is 2.13. The van der Waals surface area contributed by atoms with Crippen molar-refractivity contribution in [3.05, 3.63) is 42.0 Å². The molecule has 0 bridgehead atoms. The molecule has 1 aromatic carbocycles. The van der Waals surface area contributed by atoms with E-state index < -0.39 is 0 Å². The smallest absolute Gasteiger partial charge is 0.243 e. The normalized spacial score (nSPS) is 10.9. The number of ether oxygens (including phenoxy) is 1. The number of amides is 1. The van der Waals surface area contributed by atoms with Gasteiger partial charge in [-0.1, -0.05) is 18.2 Å². The lowest BCUT2D eigenvalue weighted by Crippen LogP contribution is -2.23. The van der Waals surface area contributed by atoms with Crippen molar-refractivity contribution in [2.24, 2.45) is 0 Å². The van der Waals surface area contributed by atoms with E-state index in [1.165, 1.54) is 11.6 Å². The number of hydrogen-bond donors (Lipinski definition) is 1. The van der Waals surface area contributed by atoms with Crippen LogP contribution in [0.15, 0.2) is 36.4 Å².